The summed E-state index contributed by atoms with van der Waals surface area (Å²) in [6.07, 6.45) is 0. The smallest absolute Gasteiger partial charge is 0.124 e. The number of aromatic hydroxyl groups is 2. The highest BCUT2D eigenvalue weighted by Gasteiger charge is 2.01. The molecule has 0 aliphatic heterocycles. The lowest BCUT2D eigenvalue weighted by Crippen LogP contribution is -1.74. The van der Waals surface area contributed by atoms with Gasteiger partial charge in [0.15, 0.2) is 0 Å². The Bertz CT molecular complexity index is 380. The zero-order valence-corrected chi connectivity index (χ0v) is 6.28. The molecule has 2 aromatic carbocycles. The lowest BCUT2D eigenvalue weighted by Gasteiger charge is -2.00. The first-order chi connectivity index (χ1) is 5.79. The van der Waals surface area contributed by atoms with Gasteiger partial charge in [0.05, 0.1) is 0 Å². The fourth-order valence-electron chi connectivity index (χ4n) is 1.20. The predicted octanol–water partition coefficient (Wildman–Crippen LogP) is 2.05. The van der Waals surface area contributed by atoms with Crippen molar-refractivity contribution < 1.29 is 10.2 Å². The van der Waals surface area contributed by atoms with Crippen molar-refractivity contribution in [2.75, 3.05) is 0 Å². The molecule has 0 heterocycles. The van der Waals surface area contributed by atoms with Crippen molar-refractivity contribution in [2.45, 2.75) is 0 Å². The van der Waals surface area contributed by atoms with Crippen molar-refractivity contribution in [3.05, 3.63) is 36.4 Å². The van der Waals surface area contributed by atoms with Crippen LogP contribution in [0.1, 0.15) is 0 Å². The zero-order valence-electron chi connectivity index (χ0n) is 6.28. The van der Waals surface area contributed by atoms with Crippen LogP contribution >= 0.6 is 0 Å². The first kappa shape index (κ1) is 6.98. The number of phenolic OH excluding ortho intramolecular Hbond substituents is 2. The number of rotatable bonds is 0. The molecule has 0 aliphatic carbocycles. The molecule has 0 atom stereocenters. The molecule has 0 bridgehead atoms. The Kier molecular flexibility index (Phi) is 1.40. The van der Waals surface area contributed by atoms with Gasteiger partial charge in [-0.3, -0.25) is 0 Å². The number of hydrogen-bond donors (Lipinski definition) is 2. The first-order valence-corrected chi connectivity index (χ1v) is 3.60. The van der Waals surface area contributed by atoms with Gasteiger partial charge in [-0.15, -0.1) is 0 Å². The van der Waals surface area contributed by atoms with Crippen LogP contribution in [0.15, 0.2) is 30.3 Å². The van der Waals surface area contributed by atoms with Gasteiger partial charge in [-0.05, 0) is 24.3 Å². The van der Waals surface area contributed by atoms with Crippen LogP contribution in [-0.4, -0.2) is 10.2 Å². The van der Waals surface area contributed by atoms with Crippen LogP contribution in [0.5, 0.6) is 11.5 Å². The summed E-state index contributed by atoms with van der Waals surface area (Å²) in [5.41, 5.74) is 0. The van der Waals surface area contributed by atoms with Crippen LogP contribution < -0.4 is 0 Å². The van der Waals surface area contributed by atoms with E-state index in [9.17, 15) is 10.2 Å². The molecular formula is C10H7O2. The Balaban J connectivity index is 2.94. The Morgan fingerprint density at radius 3 is 2.58 bits per heavy atom. The lowest BCUT2D eigenvalue weighted by atomic mass is 10.1. The third-order valence-corrected chi connectivity index (χ3v) is 1.79. The van der Waals surface area contributed by atoms with Crippen LogP contribution in [0.25, 0.3) is 10.8 Å². The number of hydrogen-bond acceptors (Lipinski definition) is 2. The van der Waals surface area contributed by atoms with Gasteiger partial charge in [0, 0.05) is 10.8 Å². The topological polar surface area (TPSA) is 40.5 Å². The third-order valence-electron chi connectivity index (χ3n) is 1.79. The Hall–Kier alpha value is -1.70. The SMILES string of the molecule is Oc1cccc2c(O)cc[c]c12. The molecule has 2 rings (SSSR count). The fourth-order valence-corrected chi connectivity index (χ4v) is 1.20. The minimum Gasteiger partial charge on any atom is -0.507 e. The van der Waals surface area contributed by atoms with Crippen LogP contribution in [0, 0.1) is 6.07 Å². The van der Waals surface area contributed by atoms with Crippen molar-refractivity contribution in [2.24, 2.45) is 0 Å². The quantitative estimate of drug-likeness (QED) is 0.617. The van der Waals surface area contributed by atoms with Gasteiger partial charge in [0.2, 0.25) is 0 Å². The highest BCUT2D eigenvalue weighted by Crippen LogP contribution is 2.29. The molecule has 0 fully saturated rings. The summed E-state index contributed by atoms with van der Waals surface area (Å²) in [6, 6.07) is 11.0. The lowest BCUT2D eigenvalue weighted by molar-refractivity contribution is 0.475. The van der Waals surface area contributed by atoms with Crippen molar-refractivity contribution in [1.29, 1.82) is 0 Å². The molecule has 2 aromatic rings. The van der Waals surface area contributed by atoms with Crippen LogP contribution in [-0.2, 0) is 0 Å². The van der Waals surface area contributed by atoms with E-state index in [1.54, 1.807) is 30.3 Å². The summed E-state index contributed by atoms with van der Waals surface area (Å²) in [5, 5.41) is 19.9. The van der Waals surface area contributed by atoms with E-state index in [-0.39, 0.29) is 11.5 Å². The normalized spacial score (nSPS) is 10.3. The Morgan fingerprint density at radius 2 is 1.83 bits per heavy atom. The maximum absolute atomic E-state index is 9.36. The molecule has 0 unspecified atom stereocenters. The number of benzene rings is 2. The average Bonchev–Trinajstić information content (AvgIpc) is 2.07. The third kappa shape index (κ3) is 0.889. The Morgan fingerprint density at radius 1 is 1.00 bits per heavy atom. The standard InChI is InChI=1S/C10H7O2/c11-9-5-1-3-7-8(9)4-2-6-10(7)12/h1-3,5-6,11-12H. The summed E-state index contributed by atoms with van der Waals surface area (Å²) in [6.45, 7) is 0. The molecule has 2 N–H and O–H groups in total. The van der Waals surface area contributed by atoms with E-state index < -0.39 is 0 Å². The molecule has 59 valence electrons. The number of fused-ring (bicyclic) bond motifs is 1. The van der Waals surface area contributed by atoms with E-state index in [0.29, 0.717) is 10.8 Å². The van der Waals surface area contributed by atoms with Gasteiger partial charge in [0.1, 0.15) is 11.5 Å². The van der Waals surface area contributed by atoms with Crippen LogP contribution in [0.2, 0.25) is 0 Å². The van der Waals surface area contributed by atoms with E-state index in [2.05, 4.69) is 6.07 Å². The molecule has 12 heavy (non-hydrogen) atoms. The molecule has 0 saturated carbocycles. The van der Waals surface area contributed by atoms with E-state index in [1.165, 1.54) is 0 Å². The van der Waals surface area contributed by atoms with Gasteiger partial charge >= 0.3 is 0 Å². The van der Waals surface area contributed by atoms with Crippen molar-refractivity contribution >= 4 is 10.8 Å². The number of phenols is 2. The van der Waals surface area contributed by atoms with Gasteiger partial charge in [-0.1, -0.05) is 12.1 Å². The largest absolute Gasteiger partial charge is 0.507 e. The van der Waals surface area contributed by atoms with E-state index in [0.717, 1.165) is 0 Å². The molecule has 1 radical (unpaired) electrons. The van der Waals surface area contributed by atoms with E-state index in [1.807, 2.05) is 0 Å². The van der Waals surface area contributed by atoms with E-state index in [4.69, 9.17) is 0 Å². The molecule has 0 spiro atoms. The second-order valence-corrected chi connectivity index (χ2v) is 2.56. The summed E-state index contributed by atoms with van der Waals surface area (Å²) in [5.74, 6) is 0.308. The Labute approximate surface area is 69.7 Å². The van der Waals surface area contributed by atoms with Crippen molar-refractivity contribution in [3.63, 3.8) is 0 Å². The minimum atomic E-state index is 0.142. The second-order valence-electron chi connectivity index (χ2n) is 2.56. The molecule has 2 nitrogen and oxygen atoms in total. The minimum absolute atomic E-state index is 0.142. The van der Waals surface area contributed by atoms with Gasteiger partial charge < -0.3 is 10.2 Å². The fraction of sp³-hybridized carbons (Fsp3) is 0. The van der Waals surface area contributed by atoms with E-state index >= 15 is 0 Å². The van der Waals surface area contributed by atoms with Crippen molar-refractivity contribution in [3.8, 4) is 11.5 Å². The molecular weight excluding hydrogens is 152 g/mol. The molecule has 2 heteroatoms. The molecule has 0 saturated heterocycles. The predicted molar refractivity (Wildman–Crippen MR) is 46.1 cm³/mol. The highest BCUT2D eigenvalue weighted by molar-refractivity contribution is 5.91. The van der Waals surface area contributed by atoms with Crippen LogP contribution in [0.3, 0.4) is 0 Å². The molecule has 0 aliphatic rings. The highest BCUT2D eigenvalue weighted by atomic mass is 16.3. The van der Waals surface area contributed by atoms with Gasteiger partial charge in [-0.25, -0.2) is 0 Å². The maximum Gasteiger partial charge on any atom is 0.124 e. The van der Waals surface area contributed by atoms with Crippen molar-refractivity contribution in [1.82, 2.24) is 0 Å². The van der Waals surface area contributed by atoms with Gasteiger partial charge in [-0.2, -0.15) is 0 Å². The zero-order chi connectivity index (χ0) is 8.55. The summed E-state index contributed by atoms with van der Waals surface area (Å²) in [7, 11) is 0. The summed E-state index contributed by atoms with van der Waals surface area (Å²) >= 11 is 0. The average molecular weight is 159 g/mol. The molecule has 0 amide bonds. The monoisotopic (exact) mass is 159 g/mol. The van der Waals surface area contributed by atoms with Gasteiger partial charge in [0.25, 0.3) is 0 Å². The van der Waals surface area contributed by atoms with Crippen LogP contribution in [0.4, 0.5) is 0 Å². The second kappa shape index (κ2) is 2.41. The first-order valence-electron chi connectivity index (χ1n) is 3.60. The maximum atomic E-state index is 9.36. The summed E-state index contributed by atoms with van der Waals surface area (Å²) < 4.78 is 0. The summed E-state index contributed by atoms with van der Waals surface area (Å²) in [4.78, 5) is 0. The molecule has 0 aromatic heterocycles.